The number of hydrogen-bond donors (Lipinski definition) is 2. The first-order valence-corrected chi connectivity index (χ1v) is 16.2. The number of nitrogen functional groups attached to an aromatic ring is 2. The molecule has 10 heteroatoms. The molecule has 5 rings (SSSR count). The lowest BCUT2D eigenvalue weighted by molar-refractivity contribution is -0.139. The van der Waals surface area contributed by atoms with Crippen LogP contribution in [0.25, 0.3) is 0 Å². The molecule has 1 saturated carbocycles. The largest absolute Gasteiger partial charge is 0.456 e. The van der Waals surface area contributed by atoms with Crippen molar-refractivity contribution in [1.29, 1.82) is 0 Å². The Bertz CT molecular complexity index is 1710. The number of halogens is 6. The summed E-state index contributed by atoms with van der Waals surface area (Å²) in [6.07, 6.45) is -5.80. The Hall–Kier alpha value is -4.34. The fraction of sp³-hybridized carbons (Fsp3) is 0.385. The predicted octanol–water partition coefficient (Wildman–Crippen LogP) is 11.9. The zero-order valence-corrected chi connectivity index (χ0v) is 28.5. The van der Waals surface area contributed by atoms with Crippen LogP contribution < -0.4 is 20.9 Å². The summed E-state index contributed by atoms with van der Waals surface area (Å²) in [6, 6.07) is 18.3. The second-order valence-corrected chi connectivity index (χ2v) is 14.9. The predicted molar refractivity (Wildman–Crippen MR) is 181 cm³/mol. The van der Waals surface area contributed by atoms with Crippen LogP contribution in [-0.2, 0) is 28.6 Å². The Morgan fingerprint density at radius 2 is 0.816 bits per heavy atom. The Labute approximate surface area is 283 Å². The average Bonchev–Trinajstić information content (AvgIpc) is 3.48. The zero-order chi connectivity index (χ0) is 36.2. The number of benzene rings is 4. The summed E-state index contributed by atoms with van der Waals surface area (Å²) in [5, 5.41) is 0. The molecule has 0 spiro atoms. The van der Waals surface area contributed by atoms with Gasteiger partial charge in [0.25, 0.3) is 0 Å². The van der Waals surface area contributed by atoms with Gasteiger partial charge in [0.1, 0.15) is 34.1 Å². The molecule has 0 unspecified atom stereocenters. The van der Waals surface area contributed by atoms with Gasteiger partial charge in [-0.15, -0.1) is 0 Å². The van der Waals surface area contributed by atoms with Gasteiger partial charge in [-0.3, -0.25) is 0 Å². The summed E-state index contributed by atoms with van der Waals surface area (Å²) in [5.41, 5.74) is 11.4. The van der Waals surface area contributed by atoms with E-state index in [4.69, 9.17) is 20.9 Å². The molecule has 49 heavy (non-hydrogen) atoms. The molecule has 4 nitrogen and oxygen atoms in total. The first kappa shape index (κ1) is 36.0. The molecule has 4 N–H and O–H groups in total. The van der Waals surface area contributed by atoms with Crippen LogP contribution >= 0.6 is 0 Å². The normalized spacial score (nSPS) is 15.3. The fourth-order valence-corrected chi connectivity index (χ4v) is 6.68. The van der Waals surface area contributed by atoms with Crippen molar-refractivity contribution in [2.75, 3.05) is 11.5 Å². The van der Waals surface area contributed by atoms with Crippen molar-refractivity contribution in [2.24, 2.45) is 0 Å². The first-order chi connectivity index (χ1) is 22.6. The van der Waals surface area contributed by atoms with Crippen LogP contribution in [0.1, 0.15) is 101 Å². The van der Waals surface area contributed by atoms with E-state index >= 15 is 0 Å². The molecule has 0 aromatic heterocycles. The van der Waals surface area contributed by atoms with Crippen LogP contribution in [0.3, 0.4) is 0 Å². The number of ether oxygens (including phenoxy) is 2. The van der Waals surface area contributed by atoms with Crippen molar-refractivity contribution in [2.45, 2.75) is 95.8 Å². The van der Waals surface area contributed by atoms with Crippen molar-refractivity contribution < 1.29 is 35.8 Å². The summed E-state index contributed by atoms with van der Waals surface area (Å²) < 4.78 is 95.6. The second-order valence-electron chi connectivity index (χ2n) is 14.9. The summed E-state index contributed by atoms with van der Waals surface area (Å²) in [6.45, 7) is 11.9. The SMILES string of the molecule is CC(C)(C)c1cc(C2(c3ccc(Oc4ccc(N)cc4C(F)(F)F)c(C(C)(C)C)c3)CCCC2)ccc1Oc1ccc(N)cc1C(F)(F)F. The minimum atomic E-state index is -4.66. The van der Waals surface area contributed by atoms with E-state index in [2.05, 4.69) is 0 Å². The van der Waals surface area contributed by atoms with Gasteiger partial charge < -0.3 is 20.9 Å². The minimum Gasteiger partial charge on any atom is -0.456 e. The molecule has 0 saturated heterocycles. The highest BCUT2D eigenvalue weighted by Crippen LogP contribution is 2.51. The zero-order valence-electron chi connectivity index (χ0n) is 28.5. The van der Waals surface area contributed by atoms with E-state index in [1.165, 1.54) is 24.3 Å². The van der Waals surface area contributed by atoms with E-state index < -0.39 is 39.7 Å². The summed E-state index contributed by atoms with van der Waals surface area (Å²) >= 11 is 0. The highest BCUT2D eigenvalue weighted by molar-refractivity contribution is 5.56. The quantitative estimate of drug-likeness (QED) is 0.157. The van der Waals surface area contributed by atoms with Gasteiger partial charge >= 0.3 is 12.4 Å². The lowest BCUT2D eigenvalue weighted by Gasteiger charge is -2.35. The van der Waals surface area contributed by atoms with Gasteiger partial charge in [-0.05, 0) is 83.3 Å². The highest BCUT2D eigenvalue weighted by Gasteiger charge is 2.41. The van der Waals surface area contributed by atoms with Crippen LogP contribution in [0.5, 0.6) is 23.0 Å². The van der Waals surface area contributed by atoms with Gasteiger partial charge in [-0.25, -0.2) is 0 Å². The van der Waals surface area contributed by atoms with Crippen molar-refractivity contribution in [1.82, 2.24) is 0 Å². The molecule has 0 bridgehead atoms. The fourth-order valence-electron chi connectivity index (χ4n) is 6.68. The number of anilines is 2. The lowest BCUT2D eigenvalue weighted by atomic mass is 9.70. The van der Waals surface area contributed by atoms with Crippen molar-refractivity contribution in [3.63, 3.8) is 0 Å². The highest BCUT2D eigenvalue weighted by atomic mass is 19.4. The lowest BCUT2D eigenvalue weighted by Crippen LogP contribution is -2.26. The third-order valence-corrected chi connectivity index (χ3v) is 9.20. The van der Waals surface area contributed by atoms with Gasteiger partial charge in [-0.2, -0.15) is 26.3 Å². The maximum Gasteiger partial charge on any atom is 0.420 e. The Balaban J connectivity index is 1.61. The Kier molecular flexibility index (Phi) is 9.19. The molecular weight excluding hydrogens is 642 g/mol. The van der Waals surface area contributed by atoms with Gasteiger partial charge in [-0.1, -0.05) is 78.6 Å². The van der Waals surface area contributed by atoms with Crippen molar-refractivity contribution >= 4 is 11.4 Å². The third-order valence-electron chi connectivity index (χ3n) is 9.20. The molecule has 4 aromatic rings. The summed E-state index contributed by atoms with van der Waals surface area (Å²) in [4.78, 5) is 0. The molecule has 262 valence electrons. The van der Waals surface area contributed by atoms with Crippen molar-refractivity contribution in [3.05, 3.63) is 106 Å². The van der Waals surface area contributed by atoms with Gasteiger partial charge in [0.2, 0.25) is 0 Å². The first-order valence-electron chi connectivity index (χ1n) is 16.2. The Morgan fingerprint density at radius 3 is 1.14 bits per heavy atom. The number of rotatable bonds is 6. The standard InChI is InChI=1S/C39H42F6N2O2/c1-35(2,3)27-19-23(9-13-31(27)48-33-15-11-25(46)21-29(33)38(40,41)42)37(17-7-8-18-37)24-10-14-32(28(20-24)36(4,5)6)49-34-16-12-26(47)22-30(34)39(43,44)45/h9-16,19-22H,7-8,17-18,46-47H2,1-6H3. The molecule has 1 aliphatic carbocycles. The molecule has 0 atom stereocenters. The van der Waals surface area contributed by atoms with Crippen molar-refractivity contribution in [3.8, 4) is 23.0 Å². The third kappa shape index (κ3) is 7.48. The minimum absolute atomic E-state index is 0.0189. The van der Waals surface area contributed by atoms with Crippen LogP contribution in [0.15, 0.2) is 72.8 Å². The maximum atomic E-state index is 13.9. The molecule has 4 aromatic carbocycles. The number of hydrogen-bond acceptors (Lipinski definition) is 4. The topological polar surface area (TPSA) is 70.5 Å². The van der Waals surface area contributed by atoms with Gasteiger partial charge in [0.05, 0.1) is 0 Å². The molecule has 0 aliphatic heterocycles. The molecule has 1 aliphatic rings. The van der Waals surface area contributed by atoms with Crippen LogP contribution in [0.2, 0.25) is 0 Å². The average molecular weight is 685 g/mol. The Morgan fingerprint density at radius 1 is 0.490 bits per heavy atom. The van der Waals surface area contributed by atoms with Gasteiger partial charge in [0, 0.05) is 27.9 Å². The molecular formula is C39H42F6N2O2. The van der Waals surface area contributed by atoms with Gasteiger partial charge in [0.15, 0.2) is 0 Å². The van der Waals surface area contributed by atoms with E-state index in [1.807, 2.05) is 65.8 Å². The smallest absolute Gasteiger partial charge is 0.420 e. The van der Waals surface area contributed by atoms with Crippen LogP contribution in [0.4, 0.5) is 37.7 Å². The van der Waals surface area contributed by atoms with E-state index in [9.17, 15) is 26.3 Å². The van der Waals surface area contributed by atoms with E-state index in [-0.39, 0.29) is 22.9 Å². The van der Waals surface area contributed by atoms with Crippen LogP contribution in [0, 0.1) is 0 Å². The van der Waals surface area contributed by atoms with E-state index in [1.54, 1.807) is 12.1 Å². The molecule has 0 amide bonds. The molecule has 1 fully saturated rings. The van der Waals surface area contributed by atoms with E-state index in [0.717, 1.165) is 60.1 Å². The second kappa shape index (κ2) is 12.5. The van der Waals surface area contributed by atoms with E-state index in [0.29, 0.717) is 11.5 Å². The monoisotopic (exact) mass is 684 g/mol. The van der Waals surface area contributed by atoms with Crippen LogP contribution in [-0.4, -0.2) is 0 Å². The summed E-state index contributed by atoms with van der Waals surface area (Å²) in [7, 11) is 0. The molecule has 0 heterocycles. The molecule has 0 radical (unpaired) electrons. The maximum absolute atomic E-state index is 13.9. The number of alkyl halides is 6. The summed E-state index contributed by atoms with van der Waals surface area (Å²) in [5.74, 6) is -0.0584. The number of nitrogens with two attached hydrogens (primary N) is 2.